The molecule has 2 aromatic rings. The summed E-state index contributed by atoms with van der Waals surface area (Å²) in [6.45, 7) is 0. The maximum atomic E-state index is 5.67. The van der Waals surface area contributed by atoms with Crippen LogP contribution in [0.5, 0.6) is 5.75 Å². The minimum Gasteiger partial charge on any atom is -0.494 e. The number of aromatic nitrogens is 1. The zero-order chi connectivity index (χ0) is 11.8. The predicted octanol–water partition coefficient (Wildman–Crippen LogP) is -0.190. The van der Waals surface area contributed by atoms with Crippen molar-refractivity contribution < 1.29 is 4.74 Å². The quantitative estimate of drug-likeness (QED) is 0.572. The number of rotatable bonds is 2. The molecule has 78 valence electrons. The number of hydrogen-bond donors (Lipinski definition) is 1. The van der Waals surface area contributed by atoms with Gasteiger partial charge in [0.1, 0.15) is 5.75 Å². The highest BCUT2D eigenvalue weighted by atomic mass is 32.1. The van der Waals surface area contributed by atoms with E-state index in [-0.39, 0.29) is 0 Å². The number of ether oxygens (including phenoxy) is 1. The fraction of sp³-hybridized carbons (Fsp3) is 0.100. The molecule has 3 nitrogen and oxygen atoms in total. The van der Waals surface area contributed by atoms with Crippen LogP contribution in [-0.4, -0.2) is 26.1 Å². The Kier molecular flexibility index (Phi) is 2.56. The Balaban J connectivity index is 2.37. The smallest absolute Gasteiger partial charge is 0.181 e. The molecule has 6 heteroatoms. The van der Waals surface area contributed by atoms with E-state index >= 15 is 0 Å². The summed E-state index contributed by atoms with van der Waals surface area (Å²) in [6.07, 6.45) is 5.37. The van der Waals surface area contributed by atoms with Gasteiger partial charge in [0.05, 0.1) is 15.6 Å². The maximum Gasteiger partial charge on any atom is 0.181 e. The standard InChI is InChI=1S/C10H10B2N2OS/c1-2-10(11,12)15-6-3-4-7-8(5-6)16-9(13)14-7/h1,3-5H,11-12H2,(H2,13,14). The first kappa shape index (κ1) is 10.9. The summed E-state index contributed by atoms with van der Waals surface area (Å²) in [7, 11) is 3.69. The minimum absolute atomic E-state index is 0.559. The molecular formula is C10H10B2N2OS. The molecule has 0 saturated carbocycles. The number of nitrogens with zero attached hydrogens (tertiary/aromatic N) is 1. The number of terminal acetylenes is 1. The van der Waals surface area contributed by atoms with Gasteiger partial charge >= 0.3 is 0 Å². The molecule has 0 radical (unpaired) electrons. The first-order valence-corrected chi connectivity index (χ1v) is 5.65. The van der Waals surface area contributed by atoms with Gasteiger partial charge in [-0.15, -0.1) is 6.42 Å². The SMILES string of the molecule is BC(B)(C#C)Oc1ccc2nc(N)sc2c1. The summed E-state index contributed by atoms with van der Waals surface area (Å²) in [4.78, 5) is 4.17. The number of hydrogen-bond acceptors (Lipinski definition) is 4. The molecule has 0 atom stereocenters. The van der Waals surface area contributed by atoms with Gasteiger partial charge in [-0.2, -0.15) is 0 Å². The van der Waals surface area contributed by atoms with E-state index in [9.17, 15) is 0 Å². The van der Waals surface area contributed by atoms with E-state index < -0.39 is 5.40 Å². The van der Waals surface area contributed by atoms with Crippen LogP contribution in [-0.2, 0) is 0 Å². The fourth-order valence-corrected chi connectivity index (χ4v) is 2.07. The highest BCUT2D eigenvalue weighted by Gasteiger charge is 2.16. The van der Waals surface area contributed by atoms with Crippen LogP contribution in [0.3, 0.4) is 0 Å². The Morgan fingerprint density at radius 1 is 1.50 bits per heavy atom. The molecule has 2 rings (SSSR count). The summed E-state index contributed by atoms with van der Waals surface area (Å²) < 4.78 is 6.67. The number of anilines is 1. The van der Waals surface area contributed by atoms with E-state index in [2.05, 4.69) is 10.9 Å². The summed E-state index contributed by atoms with van der Waals surface area (Å²) in [5.41, 5.74) is 6.51. The second-order valence-electron chi connectivity index (χ2n) is 3.94. The van der Waals surface area contributed by atoms with Crippen molar-refractivity contribution in [2.75, 3.05) is 5.73 Å². The number of benzene rings is 1. The molecule has 0 fully saturated rings. The number of nitrogen functional groups attached to an aromatic ring is 1. The average molecular weight is 228 g/mol. The van der Waals surface area contributed by atoms with E-state index in [4.69, 9.17) is 16.9 Å². The van der Waals surface area contributed by atoms with Crippen LogP contribution in [0, 0.1) is 12.3 Å². The van der Waals surface area contributed by atoms with E-state index in [0.717, 1.165) is 16.0 Å². The number of thiazole rings is 1. The van der Waals surface area contributed by atoms with Crippen LogP contribution >= 0.6 is 11.3 Å². The van der Waals surface area contributed by atoms with E-state index in [0.29, 0.717) is 5.13 Å². The van der Waals surface area contributed by atoms with Gasteiger partial charge in [0, 0.05) is 0 Å². The topological polar surface area (TPSA) is 48.1 Å². The Morgan fingerprint density at radius 2 is 2.25 bits per heavy atom. The number of nitrogens with two attached hydrogens (primary N) is 1. The van der Waals surface area contributed by atoms with Crippen molar-refractivity contribution in [1.29, 1.82) is 0 Å². The Morgan fingerprint density at radius 3 is 2.94 bits per heavy atom. The highest BCUT2D eigenvalue weighted by molar-refractivity contribution is 7.22. The molecule has 1 aromatic carbocycles. The Hall–Kier alpha value is -1.60. The average Bonchev–Trinajstić information content (AvgIpc) is 2.57. The minimum atomic E-state index is -0.607. The van der Waals surface area contributed by atoms with Crippen molar-refractivity contribution in [3.63, 3.8) is 0 Å². The third-order valence-electron chi connectivity index (χ3n) is 2.10. The van der Waals surface area contributed by atoms with Crippen LogP contribution in [0.25, 0.3) is 10.2 Å². The molecule has 16 heavy (non-hydrogen) atoms. The van der Waals surface area contributed by atoms with Gasteiger partial charge in [-0.1, -0.05) is 17.3 Å². The molecule has 0 bridgehead atoms. The first-order valence-electron chi connectivity index (χ1n) is 4.83. The molecule has 0 aliphatic heterocycles. The monoisotopic (exact) mass is 228 g/mol. The largest absolute Gasteiger partial charge is 0.494 e. The third kappa shape index (κ3) is 2.15. The Bertz CT molecular complexity index is 574. The van der Waals surface area contributed by atoms with E-state index in [1.807, 2.05) is 33.9 Å². The third-order valence-corrected chi connectivity index (χ3v) is 2.94. The van der Waals surface area contributed by atoms with Gasteiger partial charge in [-0.05, 0) is 18.2 Å². The van der Waals surface area contributed by atoms with Crippen molar-refractivity contribution in [3.05, 3.63) is 18.2 Å². The van der Waals surface area contributed by atoms with Crippen LogP contribution in [0.2, 0.25) is 0 Å². The lowest BCUT2D eigenvalue weighted by atomic mass is 9.66. The lowest BCUT2D eigenvalue weighted by Crippen LogP contribution is -2.35. The van der Waals surface area contributed by atoms with Gasteiger partial charge in [0.25, 0.3) is 0 Å². The van der Waals surface area contributed by atoms with Crippen LogP contribution in [0.1, 0.15) is 0 Å². The summed E-state index contributed by atoms with van der Waals surface area (Å²) in [5.74, 6) is 3.32. The fourth-order valence-electron chi connectivity index (χ4n) is 1.31. The maximum absolute atomic E-state index is 5.67. The molecular weight excluding hydrogens is 218 g/mol. The van der Waals surface area contributed by atoms with Crippen molar-refractivity contribution >= 4 is 42.4 Å². The van der Waals surface area contributed by atoms with Crippen LogP contribution < -0.4 is 10.5 Å². The zero-order valence-electron chi connectivity index (χ0n) is 9.15. The van der Waals surface area contributed by atoms with Gasteiger partial charge in [-0.25, -0.2) is 4.98 Å². The predicted molar refractivity (Wildman–Crippen MR) is 73.3 cm³/mol. The van der Waals surface area contributed by atoms with Crippen molar-refractivity contribution in [3.8, 4) is 18.1 Å². The van der Waals surface area contributed by atoms with Gasteiger partial charge < -0.3 is 10.5 Å². The zero-order valence-corrected chi connectivity index (χ0v) is 9.97. The molecule has 0 saturated heterocycles. The highest BCUT2D eigenvalue weighted by Crippen LogP contribution is 2.28. The first-order chi connectivity index (χ1) is 7.50. The molecule has 1 heterocycles. The van der Waals surface area contributed by atoms with Gasteiger partial charge in [-0.3, -0.25) is 0 Å². The lowest BCUT2D eigenvalue weighted by molar-refractivity contribution is 0.298. The van der Waals surface area contributed by atoms with E-state index in [1.165, 1.54) is 11.3 Å². The van der Waals surface area contributed by atoms with E-state index in [1.54, 1.807) is 0 Å². The summed E-state index contributed by atoms with van der Waals surface area (Å²) in [5, 5.41) is -0.0486. The van der Waals surface area contributed by atoms with Gasteiger partial charge in [0.15, 0.2) is 20.8 Å². The Labute approximate surface area is 99.8 Å². The normalized spacial score (nSPS) is 11.2. The molecule has 0 amide bonds. The molecule has 0 aliphatic carbocycles. The van der Waals surface area contributed by atoms with Gasteiger partial charge in [0.2, 0.25) is 0 Å². The van der Waals surface area contributed by atoms with Crippen molar-refractivity contribution in [2.45, 2.75) is 5.40 Å². The van der Waals surface area contributed by atoms with Crippen LogP contribution in [0.15, 0.2) is 18.2 Å². The lowest BCUT2D eigenvalue weighted by Gasteiger charge is -2.20. The summed E-state index contributed by atoms with van der Waals surface area (Å²) in [6, 6.07) is 5.63. The molecule has 0 unspecified atom stereocenters. The second-order valence-corrected chi connectivity index (χ2v) is 5.00. The van der Waals surface area contributed by atoms with Crippen molar-refractivity contribution in [2.24, 2.45) is 0 Å². The van der Waals surface area contributed by atoms with Crippen LogP contribution in [0.4, 0.5) is 5.13 Å². The van der Waals surface area contributed by atoms with Crippen molar-refractivity contribution in [1.82, 2.24) is 4.98 Å². The summed E-state index contributed by atoms with van der Waals surface area (Å²) >= 11 is 1.43. The number of fused-ring (bicyclic) bond motifs is 1. The molecule has 1 aromatic heterocycles. The molecule has 0 aliphatic rings. The molecule has 0 spiro atoms. The second kappa shape index (κ2) is 3.76. The molecule has 2 N–H and O–H groups in total.